The highest BCUT2D eigenvalue weighted by molar-refractivity contribution is 6.30. The molecule has 1 aliphatic heterocycles. The standard InChI is InChI=1S/C29H28ClFN4O3/c30-27-16-21-15-24(33-26(21)17-32-27)28(36)34-25(14-19-6-8-22(31)9-7-19)29(37)35-12-10-23(11-13-35)38-18-20-4-2-1-3-5-20/h1-9,15-17,23,25,33H,10-14,18H2,(H,34,36). The van der Waals surface area contributed by atoms with E-state index in [-0.39, 0.29) is 24.2 Å². The number of likely N-dealkylation sites (tertiary alicyclic amines) is 1. The number of nitrogens with zero attached hydrogens (tertiary/aromatic N) is 2. The summed E-state index contributed by atoms with van der Waals surface area (Å²) < 4.78 is 19.5. The molecule has 1 fully saturated rings. The summed E-state index contributed by atoms with van der Waals surface area (Å²) in [4.78, 5) is 35.6. The van der Waals surface area contributed by atoms with Crippen molar-refractivity contribution in [3.8, 4) is 0 Å². The van der Waals surface area contributed by atoms with E-state index in [1.807, 2.05) is 30.3 Å². The molecule has 0 saturated carbocycles. The van der Waals surface area contributed by atoms with E-state index in [9.17, 15) is 14.0 Å². The zero-order valence-corrected chi connectivity index (χ0v) is 21.5. The van der Waals surface area contributed by atoms with Crippen molar-refractivity contribution in [2.75, 3.05) is 13.1 Å². The lowest BCUT2D eigenvalue weighted by molar-refractivity contribution is -0.136. The van der Waals surface area contributed by atoms with E-state index in [0.29, 0.717) is 48.9 Å². The van der Waals surface area contributed by atoms with Gasteiger partial charge in [-0.25, -0.2) is 9.37 Å². The molecule has 0 spiro atoms. The molecule has 1 atom stereocenters. The maximum absolute atomic E-state index is 13.6. The lowest BCUT2D eigenvalue weighted by Gasteiger charge is -2.34. The Labute approximate surface area is 225 Å². The van der Waals surface area contributed by atoms with Gasteiger partial charge in [0.2, 0.25) is 5.91 Å². The molecule has 3 heterocycles. The van der Waals surface area contributed by atoms with Crippen LogP contribution < -0.4 is 5.32 Å². The van der Waals surface area contributed by atoms with Crippen LogP contribution in [0.4, 0.5) is 4.39 Å². The van der Waals surface area contributed by atoms with Crippen LogP contribution in [0.1, 0.15) is 34.5 Å². The van der Waals surface area contributed by atoms with Crippen molar-refractivity contribution >= 4 is 34.3 Å². The fourth-order valence-corrected chi connectivity index (χ4v) is 4.84. The van der Waals surface area contributed by atoms with E-state index in [0.717, 1.165) is 16.5 Å². The number of carbonyl (C=O) groups is 2. The van der Waals surface area contributed by atoms with Gasteiger partial charge in [0.1, 0.15) is 22.7 Å². The van der Waals surface area contributed by atoms with Crippen molar-refractivity contribution in [1.82, 2.24) is 20.2 Å². The zero-order chi connectivity index (χ0) is 26.5. The van der Waals surface area contributed by atoms with Gasteiger partial charge in [0.25, 0.3) is 5.91 Å². The molecule has 1 aliphatic rings. The Morgan fingerprint density at radius 2 is 1.82 bits per heavy atom. The number of fused-ring (bicyclic) bond motifs is 1. The van der Waals surface area contributed by atoms with Crippen LogP contribution in [-0.2, 0) is 22.6 Å². The molecule has 2 aromatic heterocycles. The summed E-state index contributed by atoms with van der Waals surface area (Å²) in [5.41, 5.74) is 2.83. The third-order valence-corrected chi connectivity index (χ3v) is 6.96. The summed E-state index contributed by atoms with van der Waals surface area (Å²) in [6, 6.07) is 18.5. The van der Waals surface area contributed by atoms with Gasteiger partial charge >= 0.3 is 0 Å². The summed E-state index contributed by atoms with van der Waals surface area (Å²) in [6.07, 6.45) is 3.29. The Morgan fingerprint density at radius 1 is 1.08 bits per heavy atom. The Hall–Kier alpha value is -3.75. The van der Waals surface area contributed by atoms with E-state index in [1.54, 1.807) is 35.4 Å². The number of aromatic amines is 1. The van der Waals surface area contributed by atoms with Crippen molar-refractivity contribution < 1.29 is 18.7 Å². The Bertz CT molecular complexity index is 1400. The number of ether oxygens (including phenoxy) is 1. The molecule has 9 heteroatoms. The molecule has 2 amide bonds. The van der Waals surface area contributed by atoms with E-state index < -0.39 is 11.9 Å². The molecular weight excluding hydrogens is 507 g/mol. The van der Waals surface area contributed by atoms with Crippen LogP contribution in [0.5, 0.6) is 0 Å². The summed E-state index contributed by atoms with van der Waals surface area (Å²) in [6.45, 7) is 1.60. The van der Waals surface area contributed by atoms with Crippen LogP contribution in [0.2, 0.25) is 5.15 Å². The van der Waals surface area contributed by atoms with Gasteiger partial charge in [0.05, 0.1) is 24.4 Å². The van der Waals surface area contributed by atoms with Gasteiger partial charge in [-0.2, -0.15) is 0 Å². The van der Waals surface area contributed by atoms with E-state index in [2.05, 4.69) is 15.3 Å². The second kappa shape index (κ2) is 11.8. The minimum Gasteiger partial charge on any atom is -0.373 e. The van der Waals surface area contributed by atoms with Gasteiger partial charge in [0.15, 0.2) is 0 Å². The average molecular weight is 535 g/mol. The van der Waals surface area contributed by atoms with E-state index in [4.69, 9.17) is 16.3 Å². The number of carbonyl (C=O) groups excluding carboxylic acids is 2. The fraction of sp³-hybridized carbons (Fsp3) is 0.276. The predicted molar refractivity (Wildman–Crippen MR) is 143 cm³/mol. The zero-order valence-electron chi connectivity index (χ0n) is 20.7. The number of aromatic nitrogens is 2. The molecule has 2 N–H and O–H groups in total. The predicted octanol–water partition coefficient (Wildman–Crippen LogP) is 4.90. The molecule has 38 heavy (non-hydrogen) atoms. The van der Waals surface area contributed by atoms with Crippen molar-refractivity contribution in [3.05, 3.63) is 101 Å². The molecule has 1 unspecified atom stereocenters. The maximum Gasteiger partial charge on any atom is 0.268 e. The number of hydrogen-bond acceptors (Lipinski definition) is 4. The quantitative estimate of drug-likeness (QED) is 0.315. The monoisotopic (exact) mass is 534 g/mol. The van der Waals surface area contributed by atoms with Crippen LogP contribution in [0, 0.1) is 5.82 Å². The van der Waals surface area contributed by atoms with E-state index >= 15 is 0 Å². The first-order valence-electron chi connectivity index (χ1n) is 12.6. The first kappa shape index (κ1) is 25.9. The number of benzene rings is 2. The summed E-state index contributed by atoms with van der Waals surface area (Å²) >= 11 is 5.97. The summed E-state index contributed by atoms with van der Waals surface area (Å²) in [7, 11) is 0. The lowest BCUT2D eigenvalue weighted by atomic mass is 10.0. The average Bonchev–Trinajstić information content (AvgIpc) is 3.37. The SMILES string of the molecule is O=C(NC(Cc1ccc(F)cc1)C(=O)N1CCC(OCc2ccccc2)CC1)c1cc2cc(Cl)ncc2[nH]1. The number of H-pyrrole nitrogens is 1. The molecule has 1 saturated heterocycles. The van der Waals surface area contributed by atoms with Crippen molar-refractivity contribution in [3.63, 3.8) is 0 Å². The molecule has 0 bridgehead atoms. The lowest BCUT2D eigenvalue weighted by Crippen LogP contribution is -2.52. The van der Waals surface area contributed by atoms with Gasteiger partial charge in [-0.3, -0.25) is 9.59 Å². The summed E-state index contributed by atoms with van der Waals surface area (Å²) in [5.74, 6) is -0.951. The minimum atomic E-state index is -0.817. The smallest absolute Gasteiger partial charge is 0.268 e. The second-order valence-corrected chi connectivity index (χ2v) is 9.84. The number of pyridine rings is 1. The molecule has 0 radical (unpaired) electrons. The molecule has 196 valence electrons. The molecular formula is C29H28ClFN4O3. The Balaban J connectivity index is 1.25. The molecule has 2 aromatic carbocycles. The van der Waals surface area contributed by atoms with Crippen LogP contribution in [0.25, 0.3) is 10.9 Å². The Kier molecular flexibility index (Phi) is 8.00. The Morgan fingerprint density at radius 3 is 2.55 bits per heavy atom. The largest absolute Gasteiger partial charge is 0.373 e. The van der Waals surface area contributed by atoms with Crippen LogP contribution >= 0.6 is 11.6 Å². The number of halogens is 2. The first-order valence-corrected chi connectivity index (χ1v) is 13.0. The van der Waals surface area contributed by atoms with Gasteiger partial charge in [-0.15, -0.1) is 0 Å². The highest BCUT2D eigenvalue weighted by atomic mass is 35.5. The number of amides is 2. The number of piperidine rings is 1. The highest BCUT2D eigenvalue weighted by Crippen LogP contribution is 2.20. The fourth-order valence-electron chi connectivity index (χ4n) is 4.67. The normalized spacial score (nSPS) is 14.9. The second-order valence-electron chi connectivity index (χ2n) is 9.46. The van der Waals surface area contributed by atoms with Crippen LogP contribution in [-0.4, -0.2) is 51.9 Å². The van der Waals surface area contributed by atoms with Crippen molar-refractivity contribution in [1.29, 1.82) is 0 Å². The van der Waals surface area contributed by atoms with Crippen LogP contribution in [0.3, 0.4) is 0 Å². The molecule has 5 rings (SSSR count). The maximum atomic E-state index is 13.6. The third kappa shape index (κ3) is 6.38. The van der Waals surface area contributed by atoms with Gasteiger partial charge in [0, 0.05) is 24.9 Å². The highest BCUT2D eigenvalue weighted by Gasteiger charge is 2.30. The van der Waals surface area contributed by atoms with Crippen molar-refractivity contribution in [2.24, 2.45) is 0 Å². The number of rotatable bonds is 8. The van der Waals surface area contributed by atoms with E-state index in [1.165, 1.54) is 12.1 Å². The number of nitrogens with one attached hydrogen (secondary N) is 2. The van der Waals surface area contributed by atoms with Gasteiger partial charge in [-0.1, -0.05) is 54.1 Å². The van der Waals surface area contributed by atoms with Crippen LogP contribution in [0.15, 0.2) is 72.9 Å². The topological polar surface area (TPSA) is 87.3 Å². The molecule has 4 aromatic rings. The molecule has 0 aliphatic carbocycles. The number of hydrogen-bond donors (Lipinski definition) is 2. The third-order valence-electron chi connectivity index (χ3n) is 6.76. The molecule has 7 nitrogen and oxygen atoms in total. The minimum absolute atomic E-state index is 0.0659. The van der Waals surface area contributed by atoms with Gasteiger partial charge in [-0.05, 0) is 48.2 Å². The summed E-state index contributed by atoms with van der Waals surface area (Å²) in [5, 5.41) is 3.95. The van der Waals surface area contributed by atoms with Gasteiger partial charge < -0.3 is 19.9 Å². The van der Waals surface area contributed by atoms with Crippen molar-refractivity contribution in [2.45, 2.75) is 38.0 Å². The first-order chi connectivity index (χ1) is 18.4.